The summed E-state index contributed by atoms with van der Waals surface area (Å²) >= 11 is 0. The number of hydrogen-bond acceptors (Lipinski definition) is 3. The third kappa shape index (κ3) is 4.89. The second-order valence-electron chi connectivity index (χ2n) is 8.67. The largest absolute Gasteiger partial charge is 0.353 e. The monoisotopic (exact) mass is 369 g/mol. The molecule has 27 heavy (non-hydrogen) atoms. The van der Waals surface area contributed by atoms with Gasteiger partial charge in [0, 0.05) is 31.2 Å². The first-order valence-electron chi connectivity index (χ1n) is 10.5. The fraction of sp³-hybridized carbons (Fsp3) is 0.636. The molecular weight excluding hydrogens is 338 g/mol. The van der Waals surface area contributed by atoms with Gasteiger partial charge in [0.25, 0.3) is 0 Å². The Morgan fingerprint density at radius 2 is 1.74 bits per heavy atom. The number of nitrogens with zero attached hydrogens (tertiary/aromatic N) is 1. The van der Waals surface area contributed by atoms with E-state index in [1.165, 1.54) is 25.7 Å². The van der Waals surface area contributed by atoms with Crippen molar-refractivity contribution >= 4 is 17.5 Å². The number of nitrogens with one attached hydrogen (secondary N) is 2. The lowest BCUT2D eigenvalue weighted by atomic mass is 9.86. The first-order chi connectivity index (χ1) is 13.2. The molecule has 1 aromatic carbocycles. The maximum atomic E-state index is 12.4. The molecule has 3 atom stereocenters. The van der Waals surface area contributed by atoms with Crippen LogP contribution in [-0.2, 0) is 9.59 Å². The average molecular weight is 370 g/mol. The van der Waals surface area contributed by atoms with Gasteiger partial charge in [0.15, 0.2) is 0 Å². The Morgan fingerprint density at radius 3 is 2.41 bits per heavy atom. The minimum atomic E-state index is 0.0278. The van der Waals surface area contributed by atoms with Crippen molar-refractivity contribution in [1.82, 2.24) is 10.2 Å². The lowest BCUT2D eigenvalue weighted by molar-refractivity contribution is -0.124. The molecule has 1 aromatic rings. The fourth-order valence-corrected chi connectivity index (χ4v) is 5.31. The van der Waals surface area contributed by atoms with Crippen LogP contribution in [0, 0.1) is 17.8 Å². The molecule has 1 saturated heterocycles. The van der Waals surface area contributed by atoms with E-state index in [4.69, 9.17) is 0 Å². The van der Waals surface area contributed by atoms with E-state index in [-0.39, 0.29) is 17.9 Å². The second-order valence-corrected chi connectivity index (χ2v) is 8.67. The standard InChI is InChI=1S/C22H31N3O2/c26-21(14-18-13-16-6-7-17(18)12-16)23-20-8-10-25(11-9-20)15-22(27)24-19-4-2-1-3-5-19/h1-5,16-18,20H,6-15H2,(H,23,26)(H,24,27)/t16-,17-,18+/m0/s1. The minimum absolute atomic E-state index is 0.0278. The van der Waals surface area contributed by atoms with E-state index < -0.39 is 0 Å². The van der Waals surface area contributed by atoms with Gasteiger partial charge in [-0.15, -0.1) is 0 Å². The van der Waals surface area contributed by atoms with Crippen molar-refractivity contribution in [2.24, 2.45) is 17.8 Å². The molecule has 1 aliphatic heterocycles. The van der Waals surface area contributed by atoms with Crippen LogP contribution in [0.15, 0.2) is 30.3 Å². The SMILES string of the molecule is O=C(CN1CCC(NC(=O)C[C@H]2C[C@H]3CC[C@H]2C3)CC1)Nc1ccccc1. The van der Waals surface area contributed by atoms with Gasteiger partial charge in [0.05, 0.1) is 6.54 Å². The van der Waals surface area contributed by atoms with E-state index in [1.54, 1.807) is 0 Å². The smallest absolute Gasteiger partial charge is 0.238 e. The number of piperidine rings is 1. The van der Waals surface area contributed by atoms with Crippen LogP contribution in [0.2, 0.25) is 0 Å². The molecule has 3 aliphatic rings. The summed E-state index contributed by atoms with van der Waals surface area (Å²) in [7, 11) is 0. The molecular formula is C22H31N3O2. The van der Waals surface area contributed by atoms with Crippen LogP contribution < -0.4 is 10.6 Å². The highest BCUT2D eigenvalue weighted by molar-refractivity contribution is 5.92. The third-order valence-electron chi connectivity index (χ3n) is 6.71. The molecule has 0 radical (unpaired) electrons. The molecule has 5 nitrogen and oxygen atoms in total. The number of carbonyl (C=O) groups is 2. The molecule has 2 amide bonds. The summed E-state index contributed by atoms with van der Waals surface area (Å²) in [5.74, 6) is 2.61. The van der Waals surface area contributed by atoms with Gasteiger partial charge in [-0.3, -0.25) is 14.5 Å². The summed E-state index contributed by atoms with van der Waals surface area (Å²) in [6.45, 7) is 2.14. The van der Waals surface area contributed by atoms with Gasteiger partial charge < -0.3 is 10.6 Å². The van der Waals surface area contributed by atoms with Gasteiger partial charge in [0.1, 0.15) is 0 Å². The van der Waals surface area contributed by atoms with Crippen molar-refractivity contribution in [2.75, 3.05) is 25.0 Å². The Kier molecular flexibility index (Phi) is 5.77. The lowest BCUT2D eigenvalue weighted by Crippen LogP contribution is -2.46. The molecule has 2 aliphatic carbocycles. The van der Waals surface area contributed by atoms with Crippen LogP contribution >= 0.6 is 0 Å². The zero-order valence-corrected chi connectivity index (χ0v) is 16.0. The van der Waals surface area contributed by atoms with Crippen molar-refractivity contribution in [3.63, 3.8) is 0 Å². The molecule has 2 N–H and O–H groups in total. The van der Waals surface area contributed by atoms with Gasteiger partial charge in [-0.05, 0) is 62.0 Å². The topological polar surface area (TPSA) is 61.4 Å². The van der Waals surface area contributed by atoms with E-state index in [0.717, 1.165) is 49.9 Å². The number of carbonyl (C=O) groups excluding carboxylic acids is 2. The number of amides is 2. The van der Waals surface area contributed by atoms with Crippen LogP contribution in [0.1, 0.15) is 44.9 Å². The van der Waals surface area contributed by atoms with Crippen molar-refractivity contribution in [1.29, 1.82) is 0 Å². The number of rotatable bonds is 6. The summed E-state index contributed by atoms with van der Waals surface area (Å²) in [4.78, 5) is 26.8. The number of hydrogen-bond donors (Lipinski definition) is 2. The van der Waals surface area contributed by atoms with E-state index in [1.807, 2.05) is 30.3 Å². The van der Waals surface area contributed by atoms with Crippen LogP contribution in [-0.4, -0.2) is 42.4 Å². The number of fused-ring (bicyclic) bond motifs is 2. The number of likely N-dealkylation sites (tertiary alicyclic amines) is 1. The maximum absolute atomic E-state index is 12.4. The van der Waals surface area contributed by atoms with Gasteiger partial charge in [0.2, 0.25) is 11.8 Å². The molecule has 146 valence electrons. The zero-order chi connectivity index (χ0) is 18.6. The van der Waals surface area contributed by atoms with Gasteiger partial charge in [-0.2, -0.15) is 0 Å². The molecule has 4 rings (SSSR count). The van der Waals surface area contributed by atoms with Crippen LogP contribution in [0.3, 0.4) is 0 Å². The van der Waals surface area contributed by atoms with Gasteiger partial charge >= 0.3 is 0 Å². The minimum Gasteiger partial charge on any atom is -0.353 e. The summed E-state index contributed by atoms with van der Waals surface area (Å²) < 4.78 is 0. The number of para-hydroxylation sites is 1. The number of benzene rings is 1. The molecule has 0 spiro atoms. The predicted octanol–water partition coefficient (Wildman–Crippen LogP) is 3.03. The lowest BCUT2D eigenvalue weighted by Gasteiger charge is -2.32. The Balaban J connectivity index is 1.14. The molecule has 5 heteroatoms. The molecule has 2 saturated carbocycles. The molecule has 3 fully saturated rings. The van der Waals surface area contributed by atoms with Crippen molar-refractivity contribution in [3.8, 4) is 0 Å². The Hall–Kier alpha value is -1.88. The summed E-state index contributed by atoms with van der Waals surface area (Å²) in [5, 5.41) is 6.19. The molecule has 0 unspecified atom stereocenters. The number of anilines is 1. The van der Waals surface area contributed by atoms with E-state index in [2.05, 4.69) is 15.5 Å². The first-order valence-corrected chi connectivity index (χ1v) is 10.5. The highest BCUT2D eigenvalue weighted by atomic mass is 16.2. The summed E-state index contributed by atoms with van der Waals surface area (Å²) in [6.07, 6.45) is 7.95. The maximum Gasteiger partial charge on any atom is 0.238 e. The van der Waals surface area contributed by atoms with Gasteiger partial charge in [-0.1, -0.05) is 24.6 Å². The van der Waals surface area contributed by atoms with E-state index in [9.17, 15) is 9.59 Å². The first kappa shape index (κ1) is 18.5. The van der Waals surface area contributed by atoms with Crippen molar-refractivity contribution in [2.45, 2.75) is 51.0 Å². The van der Waals surface area contributed by atoms with E-state index >= 15 is 0 Å². The molecule has 2 bridgehead atoms. The third-order valence-corrected chi connectivity index (χ3v) is 6.71. The van der Waals surface area contributed by atoms with Crippen LogP contribution in [0.25, 0.3) is 0 Å². The molecule has 1 heterocycles. The quantitative estimate of drug-likeness (QED) is 0.810. The highest BCUT2D eigenvalue weighted by Crippen LogP contribution is 2.49. The van der Waals surface area contributed by atoms with Crippen LogP contribution in [0.4, 0.5) is 5.69 Å². The fourth-order valence-electron chi connectivity index (χ4n) is 5.31. The van der Waals surface area contributed by atoms with Crippen LogP contribution in [0.5, 0.6) is 0 Å². The highest BCUT2D eigenvalue weighted by Gasteiger charge is 2.40. The van der Waals surface area contributed by atoms with Gasteiger partial charge in [-0.25, -0.2) is 0 Å². The van der Waals surface area contributed by atoms with Crippen molar-refractivity contribution in [3.05, 3.63) is 30.3 Å². The molecule has 0 aromatic heterocycles. The Morgan fingerprint density at radius 1 is 0.963 bits per heavy atom. The Bertz CT molecular complexity index is 655. The second kappa shape index (κ2) is 8.42. The summed E-state index contributed by atoms with van der Waals surface area (Å²) in [5.41, 5.74) is 0.838. The average Bonchev–Trinajstić information content (AvgIpc) is 3.27. The predicted molar refractivity (Wildman–Crippen MR) is 106 cm³/mol. The Labute approximate surface area is 161 Å². The zero-order valence-electron chi connectivity index (χ0n) is 16.0. The normalized spacial score (nSPS) is 28.2. The van der Waals surface area contributed by atoms with Crippen molar-refractivity contribution < 1.29 is 9.59 Å². The van der Waals surface area contributed by atoms with E-state index in [0.29, 0.717) is 12.5 Å². The summed E-state index contributed by atoms with van der Waals surface area (Å²) in [6, 6.07) is 9.84.